The number of amides is 1. The fourth-order valence-corrected chi connectivity index (χ4v) is 3.08. The van der Waals surface area contributed by atoms with Crippen LogP contribution in [0.1, 0.15) is 0 Å². The molecule has 0 unspecified atom stereocenters. The van der Waals surface area contributed by atoms with Crippen molar-refractivity contribution in [3.05, 3.63) is 29.0 Å². The van der Waals surface area contributed by atoms with Crippen LogP contribution in [0.4, 0.5) is 10.1 Å². The number of benzene rings is 1. The van der Waals surface area contributed by atoms with Crippen LogP contribution in [-0.2, 0) is 15.0 Å². The highest BCUT2D eigenvalue weighted by atomic mass is 35.5. The molecule has 9 heteroatoms. The van der Waals surface area contributed by atoms with Gasteiger partial charge in [-0.2, -0.15) is 17.4 Å². The van der Waals surface area contributed by atoms with Crippen LogP contribution >= 0.6 is 11.6 Å². The highest BCUT2D eigenvalue weighted by Gasteiger charge is 2.38. The second-order valence-corrected chi connectivity index (χ2v) is 6.67. The van der Waals surface area contributed by atoms with E-state index in [1.807, 2.05) is 0 Å². The maximum absolute atomic E-state index is 13.1. The molecule has 0 bridgehead atoms. The number of hydrogen-bond donors (Lipinski definition) is 1. The quantitative estimate of drug-likeness (QED) is 0.867. The third-order valence-corrected chi connectivity index (χ3v) is 4.90. The second kappa shape index (κ2) is 5.28. The highest BCUT2D eigenvalue weighted by molar-refractivity contribution is 7.87. The molecule has 1 aliphatic heterocycles. The van der Waals surface area contributed by atoms with Gasteiger partial charge in [0.25, 0.3) is 10.2 Å². The maximum Gasteiger partial charge on any atom is 0.280 e. The highest BCUT2D eigenvalue weighted by Crippen LogP contribution is 2.23. The van der Waals surface area contributed by atoms with Gasteiger partial charge in [0.1, 0.15) is 11.9 Å². The lowest BCUT2D eigenvalue weighted by atomic mass is 10.2. The first kappa shape index (κ1) is 15.2. The number of anilines is 1. The standard InChI is InChI=1S/C11H13ClFN3O3S/c1-15-6-10(14-20(15,18)19)11(17)16(2)7-3-4-9(13)8(12)5-7/h3-5,10,14H,6H2,1-2H3/t10-/m0/s1. The lowest BCUT2D eigenvalue weighted by Gasteiger charge is -2.20. The lowest BCUT2D eigenvalue weighted by Crippen LogP contribution is -2.44. The van der Waals surface area contributed by atoms with E-state index in [1.54, 1.807) is 0 Å². The van der Waals surface area contributed by atoms with Crippen molar-refractivity contribution >= 4 is 33.4 Å². The van der Waals surface area contributed by atoms with Gasteiger partial charge >= 0.3 is 0 Å². The molecule has 0 spiro atoms. The van der Waals surface area contributed by atoms with E-state index in [9.17, 15) is 17.6 Å². The number of nitrogens with zero attached hydrogens (tertiary/aromatic N) is 2. The van der Waals surface area contributed by atoms with Gasteiger partial charge in [-0.1, -0.05) is 11.6 Å². The number of hydrogen-bond acceptors (Lipinski definition) is 3. The number of carbonyl (C=O) groups is 1. The Balaban J connectivity index is 2.19. The predicted molar refractivity (Wildman–Crippen MR) is 73.3 cm³/mol. The Morgan fingerprint density at radius 2 is 2.20 bits per heavy atom. The first-order chi connectivity index (χ1) is 9.22. The Kier molecular flexibility index (Phi) is 4.01. The molecule has 1 fully saturated rings. The van der Waals surface area contributed by atoms with Gasteiger partial charge in [0.05, 0.1) is 5.02 Å². The summed E-state index contributed by atoms with van der Waals surface area (Å²) in [5, 5.41) is -0.105. The summed E-state index contributed by atoms with van der Waals surface area (Å²) in [6.45, 7) is 0.0421. The number of likely N-dealkylation sites (N-methyl/N-ethyl adjacent to an activating group) is 2. The summed E-state index contributed by atoms with van der Waals surface area (Å²) in [5.74, 6) is -1.03. The Labute approximate surface area is 121 Å². The van der Waals surface area contributed by atoms with Gasteiger partial charge in [-0.15, -0.1) is 0 Å². The molecule has 2 rings (SSSR count). The number of nitrogens with one attached hydrogen (secondary N) is 1. The van der Waals surface area contributed by atoms with Crippen molar-refractivity contribution in [1.29, 1.82) is 0 Å². The third kappa shape index (κ3) is 2.78. The largest absolute Gasteiger partial charge is 0.314 e. The fraction of sp³-hybridized carbons (Fsp3) is 0.364. The summed E-state index contributed by atoms with van der Waals surface area (Å²) in [6.07, 6.45) is 0. The van der Waals surface area contributed by atoms with E-state index in [-0.39, 0.29) is 11.6 Å². The summed E-state index contributed by atoms with van der Waals surface area (Å²) in [7, 11) is -0.750. The maximum atomic E-state index is 13.1. The smallest absolute Gasteiger partial charge is 0.280 e. The van der Waals surface area contributed by atoms with Gasteiger partial charge in [-0.25, -0.2) is 4.39 Å². The lowest BCUT2D eigenvalue weighted by molar-refractivity contribution is -0.119. The van der Waals surface area contributed by atoms with Crippen LogP contribution < -0.4 is 9.62 Å². The van der Waals surface area contributed by atoms with Gasteiger partial charge in [0.15, 0.2) is 0 Å². The van der Waals surface area contributed by atoms with Gasteiger partial charge in [-0.05, 0) is 18.2 Å². The van der Waals surface area contributed by atoms with Crippen LogP contribution in [0, 0.1) is 5.82 Å². The molecule has 110 valence electrons. The molecule has 1 aromatic rings. The van der Waals surface area contributed by atoms with E-state index in [1.165, 1.54) is 31.1 Å². The third-order valence-electron chi connectivity index (χ3n) is 3.06. The average Bonchev–Trinajstić information content (AvgIpc) is 2.65. The molecule has 1 heterocycles. The van der Waals surface area contributed by atoms with Crippen molar-refractivity contribution in [3.8, 4) is 0 Å². The van der Waals surface area contributed by atoms with Crippen molar-refractivity contribution in [2.45, 2.75) is 6.04 Å². The minimum atomic E-state index is -3.60. The molecule has 1 N–H and O–H groups in total. The van der Waals surface area contributed by atoms with E-state index in [0.29, 0.717) is 5.69 Å². The molecule has 0 radical (unpaired) electrons. The molecule has 0 aromatic heterocycles. The summed E-state index contributed by atoms with van der Waals surface area (Å²) >= 11 is 5.66. The average molecular weight is 322 g/mol. The van der Waals surface area contributed by atoms with E-state index >= 15 is 0 Å². The minimum absolute atomic E-state index is 0.0421. The van der Waals surface area contributed by atoms with Crippen LogP contribution in [0.25, 0.3) is 0 Å². The van der Waals surface area contributed by atoms with Gasteiger partial charge in [0, 0.05) is 26.3 Å². The second-order valence-electron chi connectivity index (χ2n) is 4.45. The van der Waals surface area contributed by atoms with Crippen LogP contribution in [0.15, 0.2) is 18.2 Å². The van der Waals surface area contributed by atoms with E-state index in [4.69, 9.17) is 11.6 Å². The van der Waals surface area contributed by atoms with Crippen LogP contribution in [-0.4, -0.2) is 45.3 Å². The molecule has 1 atom stereocenters. The molecule has 0 saturated carbocycles. The Hall–Kier alpha value is -1.22. The monoisotopic (exact) mass is 321 g/mol. The number of rotatable bonds is 2. The first-order valence-electron chi connectivity index (χ1n) is 5.68. The minimum Gasteiger partial charge on any atom is -0.314 e. The summed E-state index contributed by atoms with van der Waals surface area (Å²) in [5.41, 5.74) is 0.384. The van der Waals surface area contributed by atoms with Crippen molar-refractivity contribution in [2.75, 3.05) is 25.5 Å². The molecular formula is C11H13ClFN3O3S. The van der Waals surface area contributed by atoms with Gasteiger partial charge < -0.3 is 4.90 Å². The molecule has 1 aliphatic rings. The zero-order chi connectivity index (χ0) is 15.1. The van der Waals surface area contributed by atoms with Crippen molar-refractivity contribution < 1.29 is 17.6 Å². The Morgan fingerprint density at radius 3 is 2.70 bits per heavy atom. The van der Waals surface area contributed by atoms with E-state index in [0.717, 1.165) is 10.4 Å². The molecule has 20 heavy (non-hydrogen) atoms. The topological polar surface area (TPSA) is 69.7 Å². The summed E-state index contributed by atoms with van der Waals surface area (Å²) < 4.78 is 39.4. The van der Waals surface area contributed by atoms with Crippen molar-refractivity contribution in [2.24, 2.45) is 0 Å². The van der Waals surface area contributed by atoms with Crippen LogP contribution in [0.3, 0.4) is 0 Å². The van der Waals surface area contributed by atoms with Crippen molar-refractivity contribution in [3.63, 3.8) is 0 Å². The normalized spacial score (nSPS) is 21.9. The molecule has 1 aromatic carbocycles. The van der Waals surface area contributed by atoms with E-state index < -0.39 is 28.0 Å². The Morgan fingerprint density at radius 1 is 1.55 bits per heavy atom. The first-order valence-corrected chi connectivity index (χ1v) is 7.50. The molecule has 0 aliphatic carbocycles. The van der Waals surface area contributed by atoms with Crippen LogP contribution in [0.2, 0.25) is 5.02 Å². The fourth-order valence-electron chi connectivity index (χ4n) is 1.85. The molecular weight excluding hydrogens is 309 g/mol. The molecule has 1 saturated heterocycles. The van der Waals surface area contributed by atoms with Crippen molar-refractivity contribution in [1.82, 2.24) is 9.03 Å². The zero-order valence-electron chi connectivity index (χ0n) is 10.8. The SMILES string of the molecule is CN(C(=O)[C@@H]1CN(C)S(=O)(=O)N1)c1ccc(F)c(Cl)c1. The van der Waals surface area contributed by atoms with E-state index in [2.05, 4.69) is 4.72 Å². The molecule has 6 nitrogen and oxygen atoms in total. The number of halogens is 2. The summed E-state index contributed by atoms with van der Waals surface area (Å²) in [4.78, 5) is 13.4. The van der Waals surface area contributed by atoms with Gasteiger partial charge in [-0.3, -0.25) is 4.79 Å². The molecule has 1 amide bonds. The predicted octanol–water partition coefficient (Wildman–Crippen LogP) is 0.590. The van der Waals surface area contributed by atoms with Crippen LogP contribution in [0.5, 0.6) is 0 Å². The van der Waals surface area contributed by atoms with Gasteiger partial charge in [0.2, 0.25) is 5.91 Å². The number of carbonyl (C=O) groups excluding carboxylic acids is 1. The summed E-state index contributed by atoms with van der Waals surface area (Å²) in [6, 6.07) is 2.97. The Bertz CT molecular complexity index is 652. The zero-order valence-corrected chi connectivity index (χ0v) is 12.4.